The lowest BCUT2D eigenvalue weighted by Crippen LogP contribution is -2.48. The molecule has 1 aliphatic heterocycles. The number of benzene rings is 1. The number of fused-ring (bicyclic) bond motifs is 1. The summed E-state index contributed by atoms with van der Waals surface area (Å²) in [7, 11) is 1.43. The van der Waals surface area contributed by atoms with Gasteiger partial charge in [-0.1, -0.05) is 6.07 Å². The van der Waals surface area contributed by atoms with Crippen LogP contribution in [0.15, 0.2) is 18.2 Å². The van der Waals surface area contributed by atoms with Crippen molar-refractivity contribution in [3.8, 4) is 5.75 Å². The molecule has 0 aromatic heterocycles. The molecule has 2 unspecified atom stereocenters. The van der Waals surface area contributed by atoms with E-state index in [2.05, 4.69) is 0 Å². The van der Waals surface area contributed by atoms with E-state index in [1.807, 2.05) is 0 Å². The fourth-order valence-corrected chi connectivity index (χ4v) is 2.12. The third kappa shape index (κ3) is 1.95. The lowest BCUT2D eigenvalue weighted by atomic mass is 9.86. The minimum atomic E-state index is -4.60. The summed E-state index contributed by atoms with van der Waals surface area (Å²) in [6.45, 7) is 0.917. The third-order valence-corrected chi connectivity index (χ3v) is 3.13. The molecule has 2 rings (SSSR count). The van der Waals surface area contributed by atoms with Crippen LogP contribution in [-0.4, -0.2) is 24.7 Å². The van der Waals surface area contributed by atoms with Gasteiger partial charge < -0.3 is 14.6 Å². The van der Waals surface area contributed by atoms with Crippen molar-refractivity contribution in [2.45, 2.75) is 31.4 Å². The number of aliphatic hydroxyl groups excluding tert-OH is 1. The second-order valence-corrected chi connectivity index (χ2v) is 4.33. The lowest BCUT2D eigenvalue weighted by Gasteiger charge is -2.39. The van der Waals surface area contributed by atoms with Crippen molar-refractivity contribution < 1.29 is 27.8 Å². The first kappa shape index (κ1) is 13.2. The summed E-state index contributed by atoms with van der Waals surface area (Å²) < 4.78 is 49.0. The van der Waals surface area contributed by atoms with Gasteiger partial charge in [0.1, 0.15) is 5.75 Å². The summed E-state index contributed by atoms with van der Waals surface area (Å²) in [6, 6.07) is 4.27. The van der Waals surface area contributed by atoms with Crippen molar-refractivity contribution in [1.29, 1.82) is 0 Å². The van der Waals surface area contributed by atoms with Crippen molar-refractivity contribution >= 4 is 0 Å². The monoisotopic (exact) mass is 262 g/mol. The zero-order chi connectivity index (χ0) is 13.6. The van der Waals surface area contributed by atoms with Gasteiger partial charge in [0.15, 0.2) is 11.9 Å². The zero-order valence-corrected chi connectivity index (χ0v) is 9.91. The van der Waals surface area contributed by atoms with E-state index in [-0.39, 0.29) is 12.0 Å². The van der Waals surface area contributed by atoms with Gasteiger partial charge in [-0.05, 0) is 30.2 Å². The van der Waals surface area contributed by atoms with Gasteiger partial charge in [-0.2, -0.15) is 13.2 Å². The quantitative estimate of drug-likeness (QED) is 0.844. The molecule has 1 aromatic rings. The molecule has 1 heterocycles. The molecule has 6 heteroatoms. The first-order chi connectivity index (χ1) is 8.28. The predicted octanol–water partition coefficient (Wildman–Crippen LogP) is 2.36. The van der Waals surface area contributed by atoms with Crippen molar-refractivity contribution in [2.24, 2.45) is 0 Å². The van der Waals surface area contributed by atoms with E-state index in [0.29, 0.717) is 11.3 Å². The minimum absolute atomic E-state index is 0.0121. The summed E-state index contributed by atoms with van der Waals surface area (Å²) in [5.74, 6) is 0.451. The molecule has 0 fully saturated rings. The first-order valence-corrected chi connectivity index (χ1v) is 5.38. The average molecular weight is 262 g/mol. The zero-order valence-electron chi connectivity index (χ0n) is 9.91. The molecule has 100 valence electrons. The molecule has 0 radical (unpaired) electrons. The molecule has 0 saturated heterocycles. The lowest BCUT2D eigenvalue weighted by molar-refractivity contribution is -0.323. The second kappa shape index (κ2) is 4.13. The minimum Gasteiger partial charge on any atom is -0.497 e. The Bertz CT molecular complexity index is 458. The van der Waals surface area contributed by atoms with E-state index >= 15 is 0 Å². The van der Waals surface area contributed by atoms with Gasteiger partial charge in [0.25, 0.3) is 0 Å². The van der Waals surface area contributed by atoms with Gasteiger partial charge in [-0.15, -0.1) is 0 Å². The maximum atomic E-state index is 13.1. The highest BCUT2D eigenvalue weighted by Crippen LogP contribution is 2.47. The molecular formula is C12H13F3O3. The van der Waals surface area contributed by atoms with Crippen LogP contribution < -0.4 is 4.74 Å². The van der Waals surface area contributed by atoms with E-state index in [4.69, 9.17) is 9.47 Å². The van der Waals surface area contributed by atoms with Crippen LogP contribution in [0, 0.1) is 0 Å². The van der Waals surface area contributed by atoms with E-state index < -0.39 is 18.1 Å². The van der Waals surface area contributed by atoms with Gasteiger partial charge in [0.2, 0.25) is 0 Å². The Kier molecular flexibility index (Phi) is 3.03. The van der Waals surface area contributed by atoms with E-state index in [1.165, 1.54) is 25.3 Å². The van der Waals surface area contributed by atoms with Crippen LogP contribution in [0.1, 0.15) is 18.1 Å². The summed E-state index contributed by atoms with van der Waals surface area (Å²) in [5.41, 5.74) is -2.10. The summed E-state index contributed by atoms with van der Waals surface area (Å²) >= 11 is 0. The molecule has 1 aliphatic rings. The molecule has 3 nitrogen and oxygen atoms in total. The second-order valence-electron chi connectivity index (χ2n) is 4.33. The molecule has 18 heavy (non-hydrogen) atoms. The maximum absolute atomic E-state index is 13.1. The molecule has 2 atom stereocenters. The molecule has 1 aromatic carbocycles. The van der Waals surface area contributed by atoms with E-state index in [1.54, 1.807) is 0 Å². The summed E-state index contributed by atoms with van der Waals surface area (Å²) in [5, 5.41) is 9.46. The van der Waals surface area contributed by atoms with Crippen LogP contribution in [0.2, 0.25) is 0 Å². The first-order valence-electron chi connectivity index (χ1n) is 5.38. The highest BCUT2D eigenvalue weighted by Gasteiger charge is 2.57. The Labute approximate surface area is 102 Å². The standard InChI is InChI=1S/C12H13F3O3/c1-11(12(13,14)15)9-4-3-8(17-2)5-7(9)6-10(16)18-11/h3-5,10,16H,6H2,1-2H3. The maximum Gasteiger partial charge on any atom is 0.421 e. The average Bonchev–Trinajstić information content (AvgIpc) is 2.26. The predicted molar refractivity (Wildman–Crippen MR) is 57.2 cm³/mol. The van der Waals surface area contributed by atoms with Crippen molar-refractivity contribution in [3.63, 3.8) is 0 Å². The smallest absolute Gasteiger partial charge is 0.421 e. The number of hydrogen-bond donors (Lipinski definition) is 1. The van der Waals surface area contributed by atoms with Crippen LogP contribution in [0.3, 0.4) is 0 Å². The normalized spacial score (nSPS) is 27.8. The van der Waals surface area contributed by atoms with Gasteiger partial charge in [-0.3, -0.25) is 0 Å². The van der Waals surface area contributed by atoms with Crippen LogP contribution >= 0.6 is 0 Å². The Balaban J connectivity index is 2.56. The Morgan fingerprint density at radius 3 is 2.67 bits per heavy atom. The van der Waals surface area contributed by atoms with Crippen LogP contribution in [0.25, 0.3) is 0 Å². The van der Waals surface area contributed by atoms with Crippen molar-refractivity contribution in [1.82, 2.24) is 0 Å². The van der Waals surface area contributed by atoms with Crippen LogP contribution in [0.4, 0.5) is 13.2 Å². The number of halogens is 3. The van der Waals surface area contributed by atoms with Gasteiger partial charge in [0, 0.05) is 6.42 Å². The Morgan fingerprint density at radius 1 is 1.44 bits per heavy atom. The number of ether oxygens (including phenoxy) is 2. The number of rotatable bonds is 1. The van der Waals surface area contributed by atoms with E-state index in [0.717, 1.165) is 6.92 Å². The molecule has 1 N–H and O–H groups in total. The highest BCUT2D eigenvalue weighted by atomic mass is 19.4. The Morgan fingerprint density at radius 2 is 2.11 bits per heavy atom. The molecule has 0 bridgehead atoms. The van der Waals surface area contributed by atoms with Gasteiger partial charge >= 0.3 is 6.18 Å². The summed E-state index contributed by atoms with van der Waals surface area (Å²) in [4.78, 5) is 0. The van der Waals surface area contributed by atoms with Gasteiger partial charge in [-0.25, -0.2) is 0 Å². The SMILES string of the molecule is COc1ccc2c(c1)CC(O)OC2(C)C(F)(F)F. The largest absolute Gasteiger partial charge is 0.497 e. The van der Waals surface area contributed by atoms with Crippen LogP contribution in [0.5, 0.6) is 5.75 Å². The van der Waals surface area contributed by atoms with Gasteiger partial charge in [0.05, 0.1) is 7.11 Å². The third-order valence-electron chi connectivity index (χ3n) is 3.13. The molecule has 0 spiro atoms. The number of methoxy groups -OCH3 is 1. The van der Waals surface area contributed by atoms with Crippen molar-refractivity contribution in [3.05, 3.63) is 29.3 Å². The topological polar surface area (TPSA) is 38.7 Å². The highest BCUT2D eigenvalue weighted by molar-refractivity contribution is 5.41. The van der Waals surface area contributed by atoms with Crippen molar-refractivity contribution in [2.75, 3.05) is 7.11 Å². The number of hydrogen-bond acceptors (Lipinski definition) is 3. The molecule has 0 amide bonds. The molecular weight excluding hydrogens is 249 g/mol. The number of alkyl halides is 3. The summed E-state index contributed by atoms with van der Waals surface area (Å²) in [6.07, 6.45) is -6.06. The fourth-order valence-electron chi connectivity index (χ4n) is 2.12. The molecule has 0 aliphatic carbocycles. The van der Waals surface area contributed by atoms with E-state index in [9.17, 15) is 18.3 Å². The molecule has 0 saturated carbocycles. The number of aliphatic hydroxyl groups is 1. The van der Waals surface area contributed by atoms with Crippen LogP contribution in [-0.2, 0) is 16.8 Å². The Hall–Kier alpha value is -1.27. The fraction of sp³-hybridized carbons (Fsp3) is 0.500.